The fourth-order valence-electron chi connectivity index (χ4n) is 9.60. The van der Waals surface area contributed by atoms with Crippen LogP contribution in [0.4, 0.5) is 0 Å². The molecule has 0 amide bonds. The summed E-state index contributed by atoms with van der Waals surface area (Å²) in [6, 6.07) is 0. The third kappa shape index (κ3) is 5.66. The van der Waals surface area contributed by atoms with Crippen molar-refractivity contribution in [3.05, 3.63) is 0 Å². The van der Waals surface area contributed by atoms with Gasteiger partial charge in [-0.3, -0.25) is 4.79 Å². The first-order valence-corrected chi connectivity index (χ1v) is 17.0. The Hall–Kier alpha value is -0.541. The Labute approximate surface area is 220 Å². The van der Waals surface area contributed by atoms with Crippen molar-refractivity contribution in [2.24, 2.45) is 46.3 Å². The monoisotopic (exact) mass is 554 g/mol. The van der Waals surface area contributed by atoms with E-state index >= 15 is 0 Å². The van der Waals surface area contributed by atoms with E-state index in [2.05, 4.69) is 20.8 Å². The van der Waals surface area contributed by atoms with Crippen LogP contribution >= 0.6 is 0 Å². The summed E-state index contributed by atoms with van der Waals surface area (Å²) in [5.41, 5.74) is 0.973. The second-order valence-electron chi connectivity index (χ2n) is 12.9. The molecule has 0 heterocycles. The molecule has 0 spiro atoms. The molecular weight excluding hydrogens is 503 g/mol. The molecule has 0 aliphatic heterocycles. The fourth-order valence-corrected chi connectivity index (χ4v) is 11.2. The van der Waals surface area contributed by atoms with Crippen molar-refractivity contribution < 1.29 is 19.1 Å². The third-order valence-corrected chi connectivity index (χ3v) is 13.3. The molecule has 4 nitrogen and oxygen atoms in total. The number of carbonyl (C=O) groups is 2. The van der Waals surface area contributed by atoms with E-state index in [0.29, 0.717) is 37.7 Å². The van der Waals surface area contributed by atoms with Crippen LogP contribution in [0.15, 0.2) is 0 Å². The van der Waals surface area contributed by atoms with E-state index in [4.69, 9.17) is 9.47 Å². The molecule has 0 bridgehead atoms. The Balaban J connectivity index is 1.32. The summed E-state index contributed by atoms with van der Waals surface area (Å²) in [4.78, 5) is 23.1. The van der Waals surface area contributed by atoms with E-state index in [1.165, 1.54) is 63.1 Å². The first kappa shape index (κ1) is 27.5. The second-order valence-corrected chi connectivity index (χ2v) is 15.2. The van der Waals surface area contributed by atoms with Gasteiger partial charge in [-0.25, -0.2) is 0 Å². The summed E-state index contributed by atoms with van der Waals surface area (Å²) >= 11 is 0.398. The number of esters is 2. The molecule has 0 unspecified atom stereocenters. The van der Waals surface area contributed by atoms with Gasteiger partial charge in [-0.05, 0) is 0 Å². The van der Waals surface area contributed by atoms with Crippen molar-refractivity contribution in [1.29, 1.82) is 0 Å². The van der Waals surface area contributed by atoms with Crippen LogP contribution in [0, 0.1) is 46.3 Å². The van der Waals surface area contributed by atoms with Crippen molar-refractivity contribution >= 4 is 26.9 Å². The van der Waals surface area contributed by atoms with Crippen LogP contribution in [0.1, 0.15) is 105 Å². The molecule has 0 radical (unpaired) electrons. The van der Waals surface area contributed by atoms with E-state index in [1.54, 1.807) is 6.92 Å². The van der Waals surface area contributed by atoms with E-state index in [-0.39, 0.29) is 18.0 Å². The number of fused-ring (bicyclic) bond motifs is 5. The quantitative estimate of drug-likeness (QED) is 0.174. The van der Waals surface area contributed by atoms with E-state index in [0.717, 1.165) is 48.3 Å². The van der Waals surface area contributed by atoms with Crippen LogP contribution in [0.3, 0.4) is 0 Å². The molecule has 9 atom stereocenters. The number of carbonyl (C=O) groups excluding carboxylic acids is 2. The average Bonchev–Trinajstić information content (AvgIpc) is 3.16. The SMILES string of the molecule is CCOC(=O)C[Se]CCC[C@@H](C)[C@H]1CC[C@H]2[C@@H]3CC[C@@H]4C[C@H](OC(C)=O)CC[C@]4(C)[C@H]3CC[C@]12C. The summed E-state index contributed by atoms with van der Waals surface area (Å²) in [6.07, 6.45) is 14.6. The standard InChI is InChI=1S/C30H50O4Se/c1-6-33-28(32)19-35-17-7-8-20(2)25-11-12-26-24-10-9-22-18-23(34-21(3)31)13-15-29(22,4)27(24)14-16-30(25,26)5/h20,22-27H,6-19H2,1-5H3/t20-,22-,23-,24+,25-,26+,27+,29+,30-/m1/s1. The predicted molar refractivity (Wildman–Crippen MR) is 141 cm³/mol. The number of hydrogen-bond donors (Lipinski definition) is 0. The molecule has 5 heteroatoms. The van der Waals surface area contributed by atoms with Crippen molar-refractivity contribution in [3.8, 4) is 0 Å². The number of ether oxygens (including phenoxy) is 2. The van der Waals surface area contributed by atoms with Crippen LogP contribution < -0.4 is 0 Å². The minimum absolute atomic E-state index is 0.00765. The average molecular weight is 554 g/mol. The number of hydrogen-bond acceptors (Lipinski definition) is 4. The zero-order valence-electron chi connectivity index (χ0n) is 23.0. The van der Waals surface area contributed by atoms with Gasteiger partial charge in [-0.1, -0.05) is 0 Å². The van der Waals surface area contributed by atoms with Crippen molar-refractivity contribution in [2.45, 2.75) is 122 Å². The Bertz CT molecular complexity index is 755. The Morgan fingerprint density at radius 1 is 1.00 bits per heavy atom. The van der Waals surface area contributed by atoms with Gasteiger partial charge in [-0.15, -0.1) is 0 Å². The van der Waals surface area contributed by atoms with E-state index < -0.39 is 0 Å². The molecule has 4 saturated carbocycles. The van der Waals surface area contributed by atoms with Crippen LogP contribution in [-0.2, 0) is 19.1 Å². The predicted octanol–water partition coefficient (Wildman–Crippen LogP) is 7.10. The summed E-state index contributed by atoms with van der Waals surface area (Å²) < 4.78 is 10.7. The fraction of sp³-hybridized carbons (Fsp3) is 0.933. The first-order valence-electron chi connectivity index (χ1n) is 14.6. The molecule has 0 aromatic heterocycles. The molecule has 4 aliphatic rings. The second kappa shape index (κ2) is 11.5. The molecule has 4 aliphatic carbocycles. The zero-order valence-corrected chi connectivity index (χ0v) is 24.7. The molecule has 0 aromatic rings. The van der Waals surface area contributed by atoms with Gasteiger partial charge in [0.15, 0.2) is 0 Å². The van der Waals surface area contributed by atoms with E-state index in [1.807, 2.05) is 6.92 Å². The van der Waals surface area contributed by atoms with Gasteiger partial charge >= 0.3 is 198 Å². The topological polar surface area (TPSA) is 52.6 Å². The van der Waals surface area contributed by atoms with Crippen LogP contribution in [0.25, 0.3) is 0 Å². The molecule has 0 aromatic carbocycles. The minimum atomic E-state index is -0.105. The van der Waals surface area contributed by atoms with Gasteiger partial charge in [-0.2, -0.15) is 0 Å². The van der Waals surface area contributed by atoms with Gasteiger partial charge < -0.3 is 4.74 Å². The summed E-state index contributed by atoms with van der Waals surface area (Å²) in [5, 5.41) is 1.85. The van der Waals surface area contributed by atoms with Crippen molar-refractivity contribution in [2.75, 3.05) is 6.61 Å². The summed E-state index contributed by atoms with van der Waals surface area (Å²) in [7, 11) is 0. The third-order valence-electron chi connectivity index (χ3n) is 11.2. The van der Waals surface area contributed by atoms with Gasteiger partial charge in [0, 0.05) is 6.92 Å². The summed E-state index contributed by atoms with van der Waals surface area (Å²) in [5.74, 6) is 4.98. The normalized spacial score (nSPS) is 41.3. The van der Waals surface area contributed by atoms with Crippen LogP contribution in [0.2, 0.25) is 10.6 Å². The van der Waals surface area contributed by atoms with Crippen molar-refractivity contribution in [3.63, 3.8) is 0 Å². The first-order chi connectivity index (χ1) is 16.7. The van der Waals surface area contributed by atoms with Gasteiger partial charge in [0.05, 0.1) is 0 Å². The number of rotatable bonds is 9. The van der Waals surface area contributed by atoms with Gasteiger partial charge in [0.2, 0.25) is 0 Å². The molecular formula is C30H50O4Se. The molecule has 4 rings (SSSR count). The maximum absolute atomic E-state index is 11.6. The molecule has 0 N–H and O–H groups in total. The maximum atomic E-state index is 11.6. The zero-order chi connectivity index (χ0) is 25.2. The van der Waals surface area contributed by atoms with Crippen molar-refractivity contribution in [1.82, 2.24) is 0 Å². The Morgan fingerprint density at radius 2 is 1.74 bits per heavy atom. The molecule has 35 heavy (non-hydrogen) atoms. The van der Waals surface area contributed by atoms with E-state index in [9.17, 15) is 9.59 Å². The molecule has 4 fully saturated rings. The Morgan fingerprint density at radius 3 is 2.49 bits per heavy atom. The van der Waals surface area contributed by atoms with Crippen LogP contribution in [0.5, 0.6) is 0 Å². The van der Waals surface area contributed by atoms with Gasteiger partial charge in [0.25, 0.3) is 0 Å². The molecule has 0 saturated heterocycles. The summed E-state index contributed by atoms with van der Waals surface area (Å²) in [6.45, 7) is 11.8. The Kier molecular flexibility index (Phi) is 9.00. The van der Waals surface area contributed by atoms with Gasteiger partial charge in [0.1, 0.15) is 6.10 Å². The molecule has 200 valence electrons. The van der Waals surface area contributed by atoms with Crippen LogP contribution in [-0.4, -0.2) is 39.6 Å².